The molecule has 1 unspecified atom stereocenters. The summed E-state index contributed by atoms with van der Waals surface area (Å²) in [6.07, 6.45) is 5.10. The molecule has 0 bridgehead atoms. The maximum absolute atomic E-state index is 13.6. The number of amides is 2. The standard InChI is InChI=1S/C30H35N3O4S/c1-20-7-9-22(10-8-20)28-25-17-24(37-18-27-32-26(19-38-27)29(34)31-14-16-36-2)12-11-21(25)13-15-33(28)30(35)23-5-3-4-6-23/h7-12,17,19,23,28H,3-6,13-16,18H2,1-2H3,(H,31,34). The maximum atomic E-state index is 13.6. The van der Waals surface area contributed by atoms with Crippen LogP contribution in [0.15, 0.2) is 47.8 Å². The van der Waals surface area contributed by atoms with E-state index in [0.717, 1.165) is 60.5 Å². The van der Waals surface area contributed by atoms with Crippen molar-refractivity contribution in [3.05, 3.63) is 80.8 Å². The van der Waals surface area contributed by atoms with E-state index in [1.807, 2.05) is 6.07 Å². The van der Waals surface area contributed by atoms with Gasteiger partial charge in [-0.1, -0.05) is 48.7 Å². The van der Waals surface area contributed by atoms with E-state index in [9.17, 15) is 9.59 Å². The second kappa shape index (κ2) is 12.1. The molecule has 7 nitrogen and oxygen atoms in total. The van der Waals surface area contributed by atoms with Crippen LogP contribution < -0.4 is 10.1 Å². The summed E-state index contributed by atoms with van der Waals surface area (Å²) in [7, 11) is 1.60. The van der Waals surface area contributed by atoms with Gasteiger partial charge in [-0.15, -0.1) is 11.3 Å². The minimum absolute atomic E-state index is 0.127. The topological polar surface area (TPSA) is 80.8 Å². The molecule has 38 heavy (non-hydrogen) atoms. The molecule has 1 N–H and O–H groups in total. The molecule has 0 saturated heterocycles. The zero-order valence-corrected chi connectivity index (χ0v) is 22.9. The Morgan fingerprint density at radius 3 is 2.68 bits per heavy atom. The highest BCUT2D eigenvalue weighted by atomic mass is 32.1. The number of hydrogen-bond donors (Lipinski definition) is 1. The third kappa shape index (κ3) is 5.92. The van der Waals surface area contributed by atoms with E-state index < -0.39 is 0 Å². The van der Waals surface area contributed by atoms with Gasteiger partial charge in [0, 0.05) is 31.5 Å². The number of ether oxygens (including phenoxy) is 2. The fourth-order valence-electron chi connectivity index (χ4n) is 5.42. The van der Waals surface area contributed by atoms with Crippen molar-refractivity contribution in [3.8, 4) is 5.75 Å². The molecule has 0 spiro atoms. The lowest BCUT2D eigenvalue weighted by atomic mass is 9.86. The lowest BCUT2D eigenvalue weighted by Crippen LogP contribution is -2.43. The lowest BCUT2D eigenvalue weighted by Gasteiger charge is -2.39. The number of aryl methyl sites for hydroxylation is 1. The van der Waals surface area contributed by atoms with E-state index in [2.05, 4.69) is 58.5 Å². The molecule has 0 radical (unpaired) electrons. The molecule has 8 heteroatoms. The molecule has 5 rings (SSSR count). The summed E-state index contributed by atoms with van der Waals surface area (Å²) in [6, 6.07) is 14.6. The van der Waals surface area contributed by atoms with E-state index in [-0.39, 0.29) is 30.4 Å². The molecule has 1 saturated carbocycles. The molecule has 1 atom stereocenters. The molecule has 2 heterocycles. The lowest BCUT2D eigenvalue weighted by molar-refractivity contribution is -0.137. The Morgan fingerprint density at radius 1 is 1.13 bits per heavy atom. The zero-order chi connectivity index (χ0) is 26.5. The monoisotopic (exact) mass is 533 g/mol. The Labute approximate surface area is 228 Å². The van der Waals surface area contributed by atoms with Gasteiger partial charge < -0.3 is 19.7 Å². The average molecular weight is 534 g/mol. The highest BCUT2D eigenvalue weighted by Crippen LogP contribution is 2.40. The van der Waals surface area contributed by atoms with Gasteiger partial charge in [-0.05, 0) is 55.0 Å². The molecule has 1 fully saturated rings. The number of hydrogen-bond acceptors (Lipinski definition) is 6. The fraction of sp³-hybridized carbons (Fsp3) is 0.433. The quantitative estimate of drug-likeness (QED) is 0.389. The van der Waals surface area contributed by atoms with Gasteiger partial charge in [-0.3, -0.25) is 9.59 Å². The fourth-order valence-corrected chi connectivity index (χ4v) is 6.11. The normalized spacial score (nSPS) is 17.3. The predicted octanol–water partition coefficient (Wildman–Crippen LogP) is 5.07. The largest absolute Gasteiger partial charge is 0.486 e. The van der Waals surface area contributed by atoms with E-state index in [4.69, 9.17) is 9.47 Å². The molecule has 3 aromatic rings. The van der Waals surface area contributed by atoms with Crippen LogP contribution in [0.5, 0.6) is 5.75 Å². The van der Waals surface area contributed by atoms with Crippen molar-refractivity contribution < 1.29 is 19.1 Å². The van der Waals surface area contributed by atoms with Gasteiger partial charge in [0.25, 0.3) is 5.91 Å². The minimum atomic E-state index is -0.216. The number of fused-ring (bicyclic) bond motifs is 1. The van der Waals surface area contributed by atoms with Crippen molar-refractivity contribution in [2.45, 2.75) is 51.7 Å². The van der Waals surface area contributed by atoms with Crippen LogP contribution in [-0.2, 0) is 22.6 Å². The second-order valence-electron chi connectivity index (χ2n) is 10.1. The Hall–Kier alpha value is -3.23. The third-order valence-electron chi connectivity index (χ3n) is 7.46. The summed E-state index contributed by atoms with van der Waals surface area (Å²) in [5, 5.41) is 5.26. The average Bonchev–Trinajstić information content (AvgIpc) is 3.64. The first-order chi connectivity index (χ1) is 18.5. The highest BCUT2D eigenvalue weighted by molar-refractivity contribution is 7.09. The summed E-state index contributed by atoms with van der Waals surface area (Å²) in [5.41, 5.74) is 5.09. The van der Waals surface area contributed by atoms with E-state index in [1.165, 1.54) is 22.5 Å². The molecule has 1 aliphatic heterocycles. The first-order valence-corrected chi connectivity index (χ1v) is 14.3. The summed E-state index contributed by atoms with van der Waals surface area (Å²) < 4.78 is 11.1. The first kappa shape index (κ1) is 26.4. The van der Waals surface area contributed by atoms with Crippen molar-refractivity contribution in [1.29, 1.82) is 0 Å². The molecular weight excluding hydrogens is 498 g/mol. The van der Waals surface area contributed by atoms with Crippen LogP contribution in [0.3, 0.4) is 0 Å². The molecule has 1 aromatic heterocycles. The van der Waals surface area contributed by atoms with Crippen molar-refractivity contribution >= 4 is 23.2 Å². The smallest absolute Gasteiger partial charge is 0.270 e. The van der Waals surface area contributed by atoms with Crippen LogP contribution in [0, 0.1) is 12.8 Å². The first-order valence-electron chi connectivity index (χ1n) is 13.4. The number of nitrogens with zero attached hydrogens (tertiary/aromatic N) is 2. The van der Waals surface area contributed by atoms with E-state index in [0.29, 0.717) is 18.8 Å². The Morgan fingerprint density at radius 2 is 1.92 bits per heavy atom. The number of nitrogens with one attached hydrogen (secondary N) is 1. The molecule has 200 valence electrons. The van der Waals surface area contributed by atoms with Gasteiger partial charge in [0.2, 0.25) is 5.91 Å². The summed E-state index contributed by atoms with van der Waals surface area (Å²) in [5.74, 6) is 0.933. The van der Waals surface area contributed by atoms with Gasteiger partial charge in [0.05, 0.1) is 12.6 Å². The van der Waals surface area contributed by atoms with Crippen LogP contribution in [-0.4, -0.2) is 48.5 Å². The van der Waals surface area contributed by atoms with Crippen LogP contribution in [0.1, 0.15) is 69.5 Å². The summed E-state index contributed by atoms with van der Waals surface area (Å²) in [4.78, 5) is 32.4. The molecular formula is C30H35N3O4S. The van der Waals surface area contributed by atoms with E-state index in [1.54, 1.807) is 12.5 Å². The van der Waals surface area contributed by atoms with Crippen molar-refractivity contribution in [2.75, 3.05) is 26.8 Å². The number of aromatic nitrogens is 1. The minimum Gasteiger partial charge on any atom is -0.486 e. The SMILES string of the molecule is COCCNC(=O)c1csc(COc2ccc3c(c2)C(c2ccc(C)cc2)N(C(=O)C2CCCC2)CC3)n1. The maximum Gasteiger partial charge on any atom is 0.270 e. The number of methoxy groups -OCH3 is 1. The number of thiazole rings is 1. The Balaban J connectivity index is 1.35. The number of carbonyl (C=O) groups is 2. The second-order valence-corrected chi connectivity index (χ2v) is 11.0. The van der Waals surface area contributed by atoms with Gasteiger partial charge >= 0.3 is 0 Å². The zero-order valence-electron chi connectivity index (χ0n) is 22.1. The molecule has 2 aromatic carbocycles. The highest BCUT2D eigenvalue weighted by Gasteiger charge is 2.36. The Kier molecular flexibility index (Phi) is 8.39. The predicted molar refractivity (Wildman–Crippen MR) is 147 cm³/mol. The third-order valence-corrected chi connectivity index (χ3v) is 8.29. The van der Waals surface area contributed by atoms with Gasteiger partial charge in [-0.25, -0.2) is 4.98 Å². The van der Waals surface area contributed by atoms with Gasteiger partial charge in [0.1, 0.15) is 23.1 Å². The number of benzene rings is 2. The van der Waals surface area contributed by atoms with Gasteiger partial charge in [0.15, 0.2) is 0 Å². The van der Waals surface area contributed by atoms with Crippen molar-refractivity contribution in [1.82, 2.24) is 15.2 Å². The van der Waals surface area contributed by atoms with Crippen molar-refractivity contribution in [2.24, 2.45) is 5.92 Å². The molecule has 1 aliphatic carbocycles. The summed E-state index contributed by atoms with van der Waals surface area (Å²) in [6.45, 7) is 3.98. The number of carbonyl (C=O) groups excluding carboxylic acids is 2. The van der Waals surface area contributed by atoms with Crippen LogP contribution in [0.4, 0.5) is 0 Å². The van der Waals surface area contributed by atoms with Crippen molar-refractivity contribution in [3.63, 3.8) is 0 Å². The van der Waals surface area contributed by atoms with Gasteiger partial charge in [-0.2, -0.15) is 0 Å². The van der Waals surface area contributed by atoms with Crippen LogP contribution >= 0.6 is 11.3 Å². The van der Waals surface area contributed by atoms with E-state index >= 15 is 0 Å². The summed E-state index contributed by atoms with van der Waals surface area (Å²) >= 11 is 1.40. The van der Waals surface area contributed by atoms with Crippen LogP contribution in [0.25, 0.3) is 0 Å². The molecule has 2 aliphatic rings. The Bertz CT molecular complexity index is 1270. The number of rotatable bonds is 9. The van der Waals surface area contributed by atoms with Crippen LogP contribution in [0.2, 0.25) is 0 Å². The molecule has 2 amide bonds.